The molecule has 3 heterocycles. The summed E-state index contributed by atoms with van der Waals surface area (Å²) in [5, 5.41) is 2.77. The van der Waals surface area contributed by atoms with Crippen molar-refractivity contribution in [2.45, 2.75) is 31.7 Å². The number of hydrogen-bond donors (Lipinski definition) is 2. The Balaban J connectivity index is 1.74. The monoisotopic (exact) mass is 455 g/mol. The van der Waals surface area contributed by atoms with Crippen LogP contribution < -0.4 is 20.7 Å². The highest BCUT2D eigenvalue weighted by Gasteiger charge is 2.40. The molecular formula is C20H21F4N5O3. The Morgan fingerprint density at radius 1 is 1.28 bits per heavy atom. The number of hydrogen-bond acceptors (Lipinski definition) is 7. The molecule has 1 aromatic carbocycles. The zero-order valence-corrected chi connectivity index (χ0v) is 17.1. The van der Waals surface area contributed by atoms with Crippen LogP contribution in [0.15, 0.2) is 12.1 Å². The van der Waals surface area contributed by atoms with Crippen LogP contribution in [0.1, 0.15) is 34.9 Å². The van der Waals surface area contributed by atoms with Gasteiger partial charge in [0.15, 0.2) is 5.82 Å². The number of methoxy groups -OCH3 is 1. The van der Waals surface area contributed by atoms with Gasteiger partial charge < -0.3 is 25.4 Å². The van der Waals surface area contributed by atoms with Crippen LogP contribution in [0, 0.1) is 5.82 Å². The summed E-state index contributed by atoms with van der Waals surface area (Å²) >= 11 is 0. The second-order valence-corrected chi connectivity index (χ2v) is 7.48. The van der Waals surface area contributed by atoms with E-state index in [0.29, 0.717) is 36.7 Å². The topological polar surface area (TPSA) is 103 Å². The summed E-state index contributed by atoms with van der Waals surface area (Å²) in [6.07, 6.45) is -5.90. The molecule has 2 aliphatic rings. The predicted molar refractivity (Wildman–Crippen MR) is 105 cm³/mol. The van der Waals surface area contributed by atoms with E-state index in [4.69, 9.17) is 15.2 Å². The van der Waals surface area contributed by atoms with E-state index in [1.54, 1.807) is 0 Å². The van der Waals surface area contributed by atoms with Crippen molar-refractivity contribution in [3.63, 3.8) is 0 Å². The maximum Gasteiger partial charge on any atom is 0.416 e. The number of nitrogens with two attached hydrogens (primary N) is 1. The molecule has 32 heavy (non-hydrogen) atoms. The first-order chi connectivity index (χ1) is 15.2. The average Bonchev–Trinajstić information content (AvgIpc) is 2.97. The van der Waals surface area contributed by atoms with Gasteiger partial charge in [-0.05, 0) is 12.1 Å². The number of nitrogen functional groups attached to an aromatic ring is 1. The molecule has 172 valence electrons. The molecular weight excluding hydrogens is 434 g/mol. The van der Waals surface area contributed by atoms with Gasteiger partial charge in [-0.15, -0.1) is 0 Å². The third-order valence-electron chi connectivity index (χ3n) is 5.49. The number of benzene rings is 1. The van der Waals surface area contributed by atoms with Gasteiger partial charge in [-0.1, -0.05) is 0 Å². The molecule has 1 aromatic heterocycles. The van der Waals surface area contributed by atoms with E-state index in [0.717, 1.165) is 12.1 Å². The first-order valence-electron chi connectivity index (χ1n) is 9.91. The minimum absolute atomic E-state index is 0.0204. The van der Waals surface area contributed by atoms with E-state index in [1.165, 1.54) is 7.11 Å². The highest BCUT2D eigenvalue weighted by atomic mass is 19.4. The van der Waals surface area contributed by atoms with E-state index in [-0.39, 0.29) is 31.4 Å². The maximum atomic E-state index is 14.7. The molecule has 1 saturated heterocycles. The summed E-state index contributed by atoms with van der Waals surface area (Å²) in [6.45, 7) is 1.14. The Kier molecular flexibility index (Phi) is 5.80. The zero-order chi connectivity index (χ0) is 23.0. The smallest absolute Gasteiger partial charge is 0.416 e. The largest absolute Gasteiger partial charge is 0.467 e. The number of ether oxygens (including phenoxy) is 2. The number of carbonyl (C=O) groups is 1. The van der Waals surface area contributed by atoms with Crippen molar-refractivity contribution in [2.75, 3.05) is 37.4 Å². The minimum Gasteiger partial charge on any atom is -0.467 e. The van der Waals surface area contributed by atoms with Crippen molar-refractivity contribution in [1.29, 1.82) is 0 Å². The Hall–Kier alpha value is -3.15. The lowest BCUT2D eigenvalue weighted by atomic mass is 9.94. The molecule has 1 fully saturated rings. The van der Waals surface area contributed by atoms with Crippen LogP contribution >= 0.6 is 0 Å². The van der Waals surface area contributed by atoms with Crippen molar-refractivity contribution in [3.05, 3.63) is 40.3 Å². The highest BCUT2D eigenvalue weighted by Crippen LogP contribution is 2.42. The highest BCUT2D eigenvalue weighted by molar-refractivity contribution is 5.77. The molecule has 2 aliphatic heterocycles. The summed E-state index contributed by atoms with van der Waals surface area (Å²) in [6, 6.07) is 1.66. The van der Waals surface area contributed by atoms with E-state index in [1.807, 2.05) is 4.90 Å². The lowest BCUT2D eigenvalue weighted by molar-refractivity contribution is -0.140. The number of nitrogens with one attached hydrogen (secondary N) is 1. The second-order valence-electron chi connectivity index (χ2n) is 7.48. The van der Waals surface area contributed by atoms with Crippen LogP contribution in [-0.2, 0) is 28.7 Å². The molecule has 0 aliphatic carbocycles. The molecule has 0 bridgehead atoms. The van der Waals surface area contributed by atoms with Crippen LogP contribution in [0.25, 0.3) is 0 Å². The second kappa shape index (κ2) is 8.41. The lowest BCUT2D eigenvalue weighted by Crippen LogP contribution is -2.32. The van der Waals surface area contributed by atoms with Gasteiger partial charge in [-0.3, -0.25) is 4.79 Å². The molecule has 1 atom stereocenters. The fraction of sp³-hybridized carbons (Fsp3) is 0.450. The third-order valence-corrected chi connectivity index (χ3v) is 5.49. The van der Waals surface area contributed by atoms with Crippen molar-refractivity contribution in [1.82, 2.24) is 15.3 Å². The molecule has 0 radical (unpaired) electrons. The van der Waals surface area contributed by atoms with Gasteiger partial charge in [0.2, 0.25) is 5.91 Å². The number of rotatable bonds is 3. The SMILES string of the molecule is COc1nc2c(c(N3CCNC(=O)CC3)n1)COC(c1c(C(F)(F)F)ccc(N)c1F)C2. The van der Waals surface area contributed by atoms with Gasteiger partial charge in [-0.2, -0.15) is 23.1 Å². The number of carbonyl (C=O) groups excluding carboxylic acids is 1. The van der Waals surface area contributed by atoms with Crippen LogP contribution in [-0.4, -0.2) is 42.6 Å². The van der Waals surface area contributed by atoms with Crippen molar-refractivity contribution >= 4 is 17.4 Å². The summed E-state index contributed by atoms with van der Waals surface area (Å²) in [5.41, 5.74) is 4.31. The number of nitrogens with zero attached hydrogens (tertiary/aromatic N) is 3. The van der Waals surface area contributed by atoms with E-state index in [2.05, 4.69) is 15.3 Å². The lowest BCUT2D eigenvalue weighted by Gasteiger charge is -2.31. The molecule has 8 nitrogen and oxygen atoms in total. The molecule has 4 rings (SSSR count). The standard InChI is InChI=1S/C20H21F4N5O3/c1-31-19-27-13-8-14(16-11(20(22,23)24)2-3-12(25)17(16)21)32-9-10(13)18(28-19)29-6-4-15(30)26-5-7-29/h2-3,14H,4-9,25H2,1H3,(H,26,30). The summed E-state index contributed by atoms with van der Waals surface area (Å²) < 4.78 is 66.3. The van der Waals surface area contributed by atoms with E-state index in [9.17, 15) is 22.4 Å². The Morgan fingerprint density at radius 2 is 2.06 bits per heavy atom. The van der Waals surface area contributed by atoms with Gasteiger partial charge in [0.1, 0.15) is 5.82 Å². The number of halogens is 4. The molecule has 1 amide bonds. The molecule has 12 heteroatoms. The van der Waals surface area contributed by atoms with Crippen LogP contribution in [0.5, 0.6) is 6.01 Å². The van der Waals surface area contributed by atoms with E-state index < -0.39 is 34.9 Å². The van der Waals surface area contributed by atoms with Crippen LogP contribution in [0.4, 0.5) is 29.1 Å². The van der Waals surface area contributed by atoms with Crippen LogP contribution in [0.2, 0.25) is 0 Å². The fourth-order valence-electron chi connectivity index (χ4n) is 3.92. The van der Waals surface area contributed by atoms with Gasteiger partial charge in [0, 0.05) is 43.6 Å². The molecule has 0 spiro atoms. The molecule has 1 unspecified atom stereocenters. The minimum atomic E-state index is -4.78. The van der Waals surface area contributed by atoms with Crippen molar-refractivity contribution < 1.29 is 31.8 Å². The summed E-state index contributed by atoms with van der Waals surface area (Å²) in [5.74, 6) is -0.770. The van der Waals surface area contributed by atoms with Gasteiger partial charge >= 0.3 is 12.2 Å². The first kappa shape index (κ1) is 22.1. The van der Waals surface area contributed by atoms with Gasteiger partial charge in [-0.25, -0.2) is 4.39 Å². The Morgan fingerprint density at radius 3 is 2.78 bits per heavy atom. The maximum absolute atomic E-state index is 14.7. The van der Waals surface area contributed by atoms with E-state index >= 15 is 0 Å². The number of alkyl halides is 3. The Bertz CT molecular complexity index is 1050. The predicted octanol–water partition coefficient (Wildman–Crippen LogP) is 2.37. The molecule has 2 aromatic rings. The molecule has 0 saturated carbocycles. The Labute approximate surface area is 180 Å². The number of fused-ring (bicyclic) bond motifs is 1. The van der Waals surface area contributed by atoms with Gasteiger partial charge in [0.25, 0.3) is 0 Å². The van der Waals surface area contributed by atoms with Gasteiger partial charge in [0.05, 0.1) is 36.8 Å². The quantitative estimate of drug-likeness (QED) is 0.541. The number of anilines is 2. The van der Waals surface area contributed by atoms with Crippen LogP contribution in [0.3, 0.4) is 0 Å². The summed E-state index contributed by atoms with van der Waals surface area (Å²) in [4.78, 5) is 22.2. The van der Waals surface area contributed by atoms with Crippen molar-refractivity contribution in [3.8, 4) is 6.01 Å². The number of aromatic nitrogens is 2. The zero-order valence-electron chi connectivity index (χ0n) is 17.1. The normalized spacial score (nSPS) is 19.2. The average molecular weight is 455 g/mol. The third kappa shape index (κ3) is 4.14. The summed E-state index contributed by atoms with van der Waals surface area (Å²) in [7, 11) is 1.37. The molecule has 3 N–H and O–H groups in total. The fourth-order valence-corrected chi connectivity index (χ4v) is 3.92. The van der Waals surface area contributed by atoms with Crippen molar-refractivity contribution in [2.24, 2.45) is 0 Å². The number of amides is 1. The first-order valence-corrected chi connectivity index (χ1v) is 9.91.